The summed E-state index contributed by atoms with van der Waals surface area (Å²) in [4.78, 5) is 132. The van der Waals surface area contributed by atoms with Crippen LogP contribution in [0.1, 0.15) is 314 Å². The number of aliphatic hydroxyl groups is 4. The van der Waals surface area contributed by atoms with Crippen molar-refractivity contribution in [3.63, 3.8) is 0 Å². The number of halogens is 1. The summed E-state index contributed by atoms with van der Waals surface area (Å²) < 4.78 is 25.2. The number of imidazole rings is 6. The molecule has 0 atom stereocenters. The Morgan fingerprint density at radius 1 is 0.324 bits per heavy atom. The third-order valence-corrected chi connectivity index (χ3v) is 25.4. The van der Waals surface area contributed by atoms with Gasteiger partial charge in [0.15, 0.2) is 33.9 Å². The maximum absolute atomic E-state index is 13.2. The second-order valence-electron chi connectivity index (χ2n) is 42.4. The molecule has 10 N–H and O–H groups in total. The molecule has 35 nitrogen and oxygen atoms in total. The smallest absolute Gasteiger partial charge is 0.229 e. The van der Waals surface area contributed by atoms with Gasteiger partial charge < -0.3 is 20.4 Å². The van der Waals surface area contributed by atoms with E-state index in [4.69, 9.17) is 0 Å². The lowest BCUT2D eigenvalue weighted by Crippen LogP contribution is -2.29. The molecule has 13 aromatic heterocycles. The molecule has 0 radical (unpaired) electrons. The van der Waals surface area contributed by atoms with Crippen molar-refractivity contribution >= 4 is 152 Å². The van der Waals surface area contributed by atoms with Crippen LogP contribution >= 0.6 is 13.5 Å². The van der Waals surface area contributed by atoms with Gasteiger partial charge in [-0.25, -0.2) is 73.7 Å². The molecule has 0 aromatic carbocycles. The van der Waals surface area contributed by atoms with Gasteiger partial charge in [0, 0.05) is 77.2 Å². The number of aromatic nitrogens is 19. The first-order valence-electron chi connectivity index (χ1n) is 48.6. The highest BCUT2D eigenvalue weighted by Crippen LogP contribution is 2.44. The van der Waals surface area contributed by atoms with Crippen LogP contribution < -0.4 is 31.9 Å². The van der Waals surface area contributed by atoms with E-state index in [2.05, 4.69) is 108 Å². The van der Waals surface area contributed by atoms with Crippen molar-refractivity contribution in [3.8, 4) is 5.82 Å². The normalized spacial score (nSPS) is 15.8. The van der Waals surface area contributed by atoms with Gasteiger partial charge >= 0.3 is 0 Å². The Labute approximate surface area is 816 Å². The Kier molecular flexibility index (Phi) is 32.4. The third kappa shape index (κ3) is 27.3. The Bertz CT molecular complexity index is 6090. The second-order valence-corrected chi connectivity index (χ2v) is 42.4. The summed E-state index contributed by atoms with van der Waals surface area (Å²) in [6, 6.07) is 27.7. The first-order valence-corrected chi connectivity index (χ1v) is 48.6. The first-order chi connectivity index (χ1) is 65.1. The van der Waals surface area contributed by atoms with Gasteiger partial charge in [0.25, 0.3) is 0 Å². The summed E-state index contributed by atoms with van der Waals surface area (Å²) in [6.07, 6.45) is 25.2. The number of hydrogen-bond donors (Lipinski definition) is 10. The summed E-state index contributed by atoms with van der Waals surface area (Å²) in [5.74, 6) is 2.14. The minimum absolute atomic E-state index is 0. The molecule has 6 fully saturated rings. The number of carbonyl (C=O) groups excluding carboxylic acids is 6. The van der Waals surface area contributed by atoms with E-state index in [9.17, 15) is 53.6 Å². The van der Waals surface area contributed by atoms with Crippen LogP contribution in [0.5, 0.6) is 0 Å². The van der Waals surface area contributed by atoms with Crippen LogP contribution in [0, 0.1) is 58.2 Å². The summed E-state index contributed by atoms with van der Waals surface area (Å²) >= 11 is 0. The number of rotatable bonds is 23. The molecular formula is C102H138FN25O10S. The first kappa shape index (κ1) is 104. The summed E-state index contributed by atoms with van der Waals surface area (Å²) in [7, 11) is 0. The van der Waals surface area contributed by atoms with E-state index in [1.54, 1.807) is 60.0 Å². The number of fused-ring (bicyclic) bond motifs is 6. The van der Waals surface area contributed by atoms with Gasteiger partial charge in [-0.05, 0) is 302 Å². The minimum Gasteiger partial charge on any atom is -0.390 e. The lowest BCUT2D eigenvalue weighted by molar-refractivity contribution is -0.121. The Morgan fingerprint density at radius 3 is 0.799 bits per heavy atom. The molecular weight excluding hydrogens is 1790 g/mol. The van der Waals surface area contributed by atoms with E-state index >= 15 is 0 Å². The van der Waals surface area contributed by atoms with E-state index < -0.39 is 28.2 Å². The lowest BCUT2D eigenvalue weighted by atomic mass is 9.73. The quantitative estimate of drug-likeness (QED) is 0.0284. The fraction of sp³-hybridized carbons (Fsp3) is 0.539. The highest BCUT2D eigenvalue weighted by Gasteiger charge is 2.36. The summed E-state index contributed by atoms with van der Waals surface area (Å²) in [5, 5.41) is 56.4. The van der Waals surface area contributed by atoms with Crippen molar-refractivity contribution in [1.82, 2.24) is 92.2 Å². The van der Waals surface area contributed by atoms with Crippen LogP contribution in [0.15, 0.2) is 91.1 Å². The van der Waals surface area contributed by atoms with Crippen molar-refractivity contribution in [2.75, 3.05) is 31.9 Å². The number of carbonyl (C=O) groups is 6. The van der Waals surface area contributed by atoms with Gasteiger partial charge in [0.2, 0.25) is 71.1 Å². The molecule has 0 spiro atoms. The third-order valence-electron chi connectivity index (χ3n) is 25.4. The molecule has 19 rings (SSSR count). The number of amides is 6. The number of anilines is 6. The SMILES string of the molecule is Cc1ccc2nc(NC(=O)CC(C)(C)C)n(-c3ccc(F)cn3)c2n1.Cc1ccc2nc(NC(=O)CC(C)(C)O)n(C3CCC3)c2n1.Cc1ccc2nc(NC(=O)CC(C)(C)O)n(C3CCC3)c2n1.Cc1ccc2nc(NC(=O)CC(C)(C)O)n(C3CCC3)c2n1.Cc1ccc2nc(NC(=O)CC(C)(C)O)n(C3CCC3)c2n1.Cc1ccc2nc(NC(=O)CC3(C)CCCCC3)n(C3CCC3)c2n1.S. The minimum atomic E-state index is -1.04. The van der Waals surface area contributed by atoms with Gasteiger partial charge in [0.05, 0.1) is 54.3 Å². The largest absolute Gasteiger partial charge is 0.390 e. The van der Waals surface area contributed by atoms with Crippen molar-refractivity contribution < 1.29 is 53.6 Å². The molecule has 6 saturated carbocycles. The molecule has 13 aromatic rings. The van der Waals surface area contributed by atoms with Crippen molar-refractivity contribution in [1.29, 1.82) is 0 Å². The maximum Gasteiger partial charge on any atom is 0.229 e. The summed E-state index contributed by atoms with van der Waals surface area (Å²) in [5.41, 5.74) is 10.8. The molecule has 37 heteroatoms. The zero-order valence-corrected chi connectivity index (χ0v) is 84.5. The van der Waals surface area contributed by atoms with Gasteiger partial charge in [-0.15, -0.1) is 0 Å². The average Bonchev–Trinajstić information content (AvgIpc) is 1.65. The fourth-order valence-corrected chi connectivity index (χ4v) is 17.6. The van der Waals surface area contributed by atoms with Crippen LogP contribution in [-0.4, -0.2) is 170 Å². The van der Waals surface area contributed by atoms with Crippen LogP contribution in [0.3, 0.4) is 0 Å². The summed E-state index contributed by atoms with van der Waals surface area (Å²) in [6.45, 7) is 32.8. The fourth-order valence-electron chi connectivity index (χ4n) is 17.6. The second kappa shape index (κ2) is 43.3. The molecule has 0 unspecified atom stereocenters. The van der Waals surface area contributed by atoms with Crippen LogP contribution in [0.4, 0.5) is 40.1 Å². The Hall–Kier alpha value is -12.2. The highest BCUT2D eigenvalue weighted by molar-refractivity contribution is 7.59. The van der Waals surface area contributed by atoms with Gasteiger partial charge in [-0.2, -0.15) is 13.5 Å². The standard InChI is InChI=1S/C20H28N4O.C18H20FN5O.4C16H22N4O2.H2S/c1-14-9-10-16-18(21-14)24(15-7-6-8-15)19(22-16)23-17(25)13-20(2)11-4-3-5-12-20;1-11-5-7-13-16(21-11)24(14-8-6-12(19)10-20-14)17(22-13)23-15(25)9-18(2,3)4;4*1-10-7-8-12-14(17-10)20(11-5-4-6-11)15(18-12)19-13(21)9-16(2,3)22;/h9-10,15H,3-8,11-13H2,1-2H3,(H,22,23,25);5-8,10H,9H2,1-4H3,(H,22,23,25);4*7-8,11,22H,4-6,9H2,1-3H3,(H,18,19,21);1H2. The number of nitrogens with one attached hydrogen (secondary N) is 6. The zero-order valence-electron chi connectivity index (χ0n) is 83.5. The number of nitrogens with zero attached hydrogens (tertiary/aromatic N) is 19. The predicted octanol–water partition coefficient (Wildman–Crippen LogP) is 18.8. The molecule has 0 saturated heterocycles. The molecule has 0 bridgehead atoms. The van der Waals surface area contributed by atoms with Crippen LogP contribution in [0.25, 0.3) is 72.8 Å². The van der Waals surface area contributed by atoms with E-state index in [1.807, 2.05) is 153 Å². The number of pyridine rings is 7. The van der Waals surface area contributed by atoms with Crippen molar-refractivity contribution in [2.45, 2.75) is 344 Å². The van der Waals surface area contributed by atoms with E-state index in [-0.39, 0.29) is 85.5 Å². The Balaban J connectivity index is 0.000000141. The van der Waals surface area contributed by atoms with E-state index in [1.165, 1.54) is 63.5 Å². The molecule has 6 aliphatic carbocycles. The molecule has 139 heavy (non-hydrogen) atoms. The van der Waals surface area contributed by atoms with Gasteiger partial charge in [-0.3, -0.25) is 83.5 Å². The van der Waals surface area contributed by atoms with Gasteiger partial charge in [-0.1, -0.05) is 47.0 Å². The number of aryl methyl sites for hydroxylation is 6. The van der Waals surface area contributed by atoms with E-state index in [0.717, 1.165) is 173 Å². The molecule has 6 amide bonds. The molecule has 13 heterocycles. The lowest BCUT2D eigenvalue weighted by Gasteiger charge is -2.33. The number of hydrogen-bond acceptors (Lipinski definition) is 23. The average molecular weight is 1930 g/mol. The van der Waals surface area contributed by atoms with Crippen molar-refractivity contribution in [2.24, 2.45) is 10.8 Å². The van der Waals surface area contributed by atoms with Crippen LogP contribution in [-0.2, 0) is 28.8 Å². The van der Waals surface area contributed by atoms with E-state index in [0.29, 0.717) is 95.7 Å². The zero-order chi connectivity index (χ0) is 99.3. The molecule has 744 valence electrons. The highest BCUT2D eigenvalue weighted by atomic mass is 32.1. The molecule has 0 aliphatic heterocycles. The van der Waals surface area contributed by atoms with Crippen molar-refractivity contribution in [3.05, 3.63) is 131 Å². The predicted molar refractivity (Wildman–Crippen MR) is 543 cm³/mol. The monoisotopic (exact) mass is 1920 g/mol. The van der Waals surface area contributed by atoms with Crippen LogP contribution in [0.2, 0.25) is 0 Å². The van der Waals surface area contributed by atoms with Gasteiger partial charge in [0.1, 0.15) is 44.7 Å². The molecule has 6 aliphatic rings. The Morgan fingerprint density at radius 2 is 0.561 bits per heavy atom. The maximum atomic E-state index is 13.2. The topological polar surface area (TPSA) is 453 Å².